The molecule has 0 unspecified atom stereocenters. The van der Waals surface area contributed by atoms with Gasteiger partial charge in [-0.15, -0.1) is 0 Å². The number of alkyl halides is 2. The number of nitrogens with one attached hydrogen (secondary N) is 1. The van der Waals surface area contributed by atoms with Gasteiger partial charge in [0.05, 0.1) is 17.7 Å². The van der Waals surface area contributed by atoms with Gasteiger partial charge in [-0.2, -0.15) is 0 Å². The summed E-state index contributed by atoms with van der Waals surface area (Å²) in [6.45, 7) is 0.902. The average molecular weight is 418 g/mol. The molecule has 5 nitrogen and oxygen atoms in total. The van der Waals surface area contributed by atoms with E-state index < -0.39 is 5.92 Å². The lowest BCUT2D eigenvalue weighted by atomic mass is 9.59. The molecular weight excluding hydrogens is 390 g/mol. The number of para-hydroxylation sites is 1. The number of amides is 1. The summed E-state index contributed by atoms with van der Waals surface area (Å²) < 4.78 is 31.6. The van der Waals surface area contributed by atoms with Crippen molar-refractivity contribution >= 4 is 22.4 Å². The highest BCUT2D eigenvalue weighted by atomic mass is 19.3. The standard InChI is InChI=1S/C22H24F2N2O2.CH4O/c1-28-10-9-25-20(27)17-11-16-3-2-4-18(19(16)26-12-17)15-5-7-21(8-6-15)13-22(23,24)14-21;1-2/h2-5,11-12H,6-10,13-14H2,1H3,(H,25,27);2H,1H3. The molecule has 0 saturated heterocycles. The normalized spacial score (nSPS) is 18.8. The van der Waals surface area contributed by atoms with Gasteiger partial charge in [0.1, 0.15) is 0 Å². The lowest BCUT2D eigenvalue weighted by molar-refractivity contribution is -0.163. The predicted octanol–water partition coefficient (Wildman–Crippen LogP) is 4.20. The molecule has 1 heterocycles. The molecule has 0 bridgehead atoms. The predicted molar refractivity (Wildman–Crippen MR) is 113 cm³/mol. The number of allylic oxidation sites excluding steroid dienone is 2. The molecule has 30 heavy (non-hydrogen) atoms. The van der Waals surface area contributed by atoms with Crippen LogP contribution in [0.5, 0.6) is 0 Å². The molecule has 2 aliphatic rings. The minimum absolute atomic E-state index is 0.0130. The Bertz CT molecular complexity index is 935. The van der Waals surface area contributed by atoms with Gasteiger partial charge in [-0.25, -0.2) is 8.78 Å². The van der Waals surface area contributed by atoms with Gasteiger partial charge >= 0.3 is 0 Å². The van der Waals surface area contributed by atoms with Crippen LogP contribution in [0.2, 0.25) is 0 Å². The number of carbonyl (C=O) groups is 1. The van der Waals surface area contributed by atoms with E-state index in [0.717, 1.165) is 42.0 Å². The van der Waals surface area contributed by atoms with Gasteiger partial charge in [0.25, 0.3) is 5.91 Å². The summed E-state index contributed by atoms with van der Waals surface area (Å²) in [6.07, 6.45) is 6.01. The molecule has 7 heteroatoms. The van der Waals surface area contributed by atoms with Gasteiger partial charge in [-0.3, -0.25) is 9.78 Å². The Morgan fingerprint density at radius 2 is 2.07 bits per heavy atom. The Morgan fingerprint density at radius 1 is 1.30 bits per heavy atom. The highest BCUT2D eigenvalue weighted by molar-refractivity contribution is 5.99. The molecule has 0 radical (unpaired) electrons. The molecule has 2 aromatic rings. The molecule has 2 aliphatic carbocycles. The molecule has 1 saturated carbocycles. The molecule has 2 N–H and O–H groups in total. The number of aliphatic hydroxyl groups excluding tert-OH is 1. The van der Waals surface area contributed by atoms with Crippen molar-refractivity contribution in [2.24, 2.45) is 5.41 Å². The van der Waals surface area contributed by atoms with Gasteiger partial charge in [0.2, 0.25) is 5.92 Å². The number of rotatable bonds is 5. The van der Waals surface area contributed by atoms with E-state index in [1.54, 1.807) is 13.3 Å². The number of aliphatic hydroxyl groups is 1. The van der Waals surface area contributed by atoms with Crippen molar-refractivity contribution in [2.45, 2.75) is 38.0 Å². The highest BCUT2D eigenvalue weighted by Crippen LogP contribution is 2.59. The van der Waals surface area contributed by atoms with E-state index in [4.69, 9.17) is 9.84 Å². The van der Waals surface area contributed by atoms with Crippen LogP contribution < -0.4 is 5.32 Å². The quantitative estimate of drug-likeness (QED) is 0.714. The second kappa shape index (κ2) is 9.18. The van der Waals surface area contributed by atoms with Gasteiger partial charge in [0, 0.05) is 50.8 Å². The number of fused-ring (bicyclic) bond motifs is 1. The highest BCUT2D eigenvalue weighted by Gasteiger charge is 2.55. The second-order valence-corrected chi connectivity index (χ2v) is 7.99. The Morgan fingerprint density at radius 3 is 2.70 bits per heavy atom. The lowest BCUT2D eigenvalue weighted by Crippen LogP contribution is -2.46. The SMILES string of the molecule is CO.COCCNC(=O)c1cnc2c(C3=CCC4(CC3)CC(F)(F)C4)cccc2c1. The number of pyridine rings is 1. The molecular formula is C23H28F2N2O3. The number of hydrogen-bond acceptors (Lipinski definition) is 4. The number of ether oxygens (including phenoxy) is 1. The monoisotopic (exact) mass is 418 g/mol. The first-order valence-electron chi connectivity index (χ1n) is 10.1. The fourth-order valence-electron chi connectivity index (χ4n) is 4.47. The summed E-state index contributed by atoms with van der Waals surface area (Å²) in [5.74, 6) is -2.66. The first-order valence-corrected chi connectivity index (χ1v) is 10.1. The smallest absolute Gasteiger partial charge is 0.252 e. The van der Waals surface area contributed by atoms with E-state index in [9.17, 15) is 13.6 Å². The largest absolute Gasteiger partial charge is 0.400 e. The van der Waals surface area contributed by atoms with Crippen molar-refractivity contribution in [1.29, 1.82) is 0 Å². The summed E-state index contributed by atoms with van der Waals surface area (Å²) in [5, 5.41) is 10.7. The maximum Gasteiger partial charge on any atom is 0.252 e. The molecule has 0 atom stereocenters. The van der Waals surface area contributed by atoms with Crippen LogP contribution >= 0.6 is 0 Å². The van der Waals surface area contributed by atoms with Crippen molar-refractivity contribution < 1.29 is 23.4 Å². The van der Waals surface area contributed by atoms with E-state index >= 15 is 0 Å². The summed E-state index contributed by atoms with van der Waals surface area (Å²) in [6, 6.07) is 7.75. The van der Waals surface area contributed by atoms with E-state index in [0.29, 0.717) is 25.1 Å². The summed E-state index contributed by atoms with van der Waals surface area (Å²) in [4.78, 5) is 16.8. The fourth-order valence-corrected chi connectivity index (χ4v) is 4.47. The molecule has 1 spiro atoms. The van der Waals surface area contributed by atoms with Crippen molar-refractivity contribution in [2.75, 3.05) is 27.4 Å². The van der Waals surface area contributed by atoms with Crippen molar-refractivity contribution in [3.63, 3.8) is 0 Å². The van der Waals surface area contributed by atoms with E-state index in [-0.39, 0.29) is 24.2 Å². The van der Waals surface area contributed by atoms with Crippen LogP contribution in [0, 0.1) is 5.41 Å². The number of halogens is 2. The third kappa shape index (κ3) is 4.68. The zero-order chi connectivity index (χ0) is 21.8. The van der Waals surface area contributed by atoms with Crippen LogP contribution in [0.1, 0.15) is 48.0 Å². The average Bonchev–Trinajstić information content (AvgIpc) is 2.74. The molecule has 162 valence electrons. The summed E-state index contributed by atoms with van der Waals surface area (Å²) in [5.41, 5.74) is 3.34. The fraction of sp³-hybridized carbons (Fsp3) is 0.478. The maximum absolute atomic E-state index is 13.3. The second-order valence-electron chi connectivity index (χ2n) is 7.99. The Hall–Kier alpha value is -2.38. The van der Waals surface area contributed by atoms with Gasteiger partial charge in [0.15, 0.2) is 0 Å². The topological polar surface area (TPSA) is 71.5 Å². The van der Waals surface area contributed by atoms with Crippen molar-refractivity contribution in [3.05, 3.63) is 47.7 Å². The Labute approximate surface area is 175 Å². The maximum atomic E-state index is 13.3. The number of hydrogen-bond donors (Lipinski definition) is 2. The van der Waals surface area contributed by atoms with Crippen LogP contribution in [0.3, 0.4) is 0 Å². The number of methoxy groups -OCH3 is 1. The van der Waals surface area contributed by atoms with Crippen LogP contribution in [0.15, 0.2) is 36.5 Å². The zero-order valence-corrected chi connectivity index (χ0v) is 17.4. The Kier molecular flexibility index (Phi) is 6.83. The van der Waals surface area contributed by atoms with E-state index in [1.165, 1.54) is 0 Å². The van der Waals surface area contributed by atoms with E-state index in [1.807, 2.05) is 24.3 Å². The first kappa shape index (κ1) is 22.3. The molecule has 1 aromatic heterocycles. The third-order valence-corrected chi connectivity index (χ3v) is 5.88. The minimum atomic E-state index is -2.48. The third-order valence-electron chi connectivity index (χ3n) is 5.88. The number of carbonyl (C=O) groups excluding carboxylic acids is 1. The van der Waals surface area contributed by atoms with Crippen LogP contribution in [0.4, 0.5) is 8.78 Å². The minimum Gasteiger partial charge on any atom is -0.400 e. The van der Waals surface area contributed by atoms with Crippen LogP contribution in [0.25, 0.3) is 16.5 Å². The molecule has 0 aliphatic heterocycles. The number of nitrogens with zero attached hydrogens (tertiary/aromatic N) is 1. The molecule has 1 amide bonds. The Balaban J connectivity index is 0.00000124. The van der Waals surface area contributed by atoms with Gasteiger partial charge in [-0.05, 0) is 36.3 Å². The zero-order valence-electron chi connectivity index (χ0n) is 17.4. The van der Waals surface area contributed by atoms with Gasteiger partial charge < -0.3 is 15.2 Å². The van der Waals surface area contributed by atoms with Crippen molar-refractivity contribution in [3.8, 4) is 0 Å². The number of aromatic nitrogens is 1. The van der Waals surface area contributed by atoms with Crippen LogP contribution in [-0.4, -0.2) is 49.3 Å². The van der Waals surface area contributed by atoms with Crippen LogP contribution in [-0.2, 0) is 4.74 Å². The van der Waals surface area contributed by atoms with Crippen molar-refractivity contribution in [1.82, 2.24) is 10.3 Å². The molecule has 4 rings (SSSR count). The lowest BCUT2D eigenvalue weighted by Gasteiger charge is -2.49. The van der Waals surface area contributed by atoms with Gasteiger partial charge in [-0.1, -0.05) is 24.3 Å². The molecule has 1 fully saturated rings. The van der Waals surface area contributed by atoms with E-state index in [2.05, 4.69) is 16.4 Å². The summed E-state index contributed by atoms with van der Waals surface area (Å²) >= 11 is 0. The first-order chi connectivity index (χ1) is 14.4. The number of benzene rings is 1. The molecule has 1 aromatic carbocycles. The summed E-state index contributed by atoms with van der Waals surface area (Å²) in [7, 11) is 2.59.